The molecular formula is C18H20ClNO. The van der Waals surface area contributed by atoms with Gasteiger partial charge in [0.05, 0.1) is 0 Å². The van der Waals surface area contributed by atoms with E-state index in [0.29, 0.717) is 11.9 Å². The number of nitrogens with zero attached hydrogens (tertiary/aromatic N) is 1. The maximum atomic E-state index is 12.8. The number of benzene rings is 2. The summed E-state index contributed by atoms with van der Waals surface area (Å²) in [6, 6.07) is 14.5. The number of hydrogen-bond acceptors (Lipinski definition) is 1. The van der Waals surface area contributed by atoms with Gasteiger partial charge in [0.1, 0.15) is 0 Å². The Bertz CT molecular complexity index is 640. The molecule has 1 heterocycles. The van der Waals surface area contributed by atoms with Gasteiger partial charge < -0.3 is 4.90 Å². The molecule has 0 bridgehead atoms. The standard InChI is InChI=1S/C18H20ClNO/c19-11-3-7-17-8-4-12-20(17)18(21)16-10-9-14-5-1-2-6-15(14)13-16/h1-2,5-6,9-10,13,17H,3-4,7-8,11-12H2. The van der Waals surface area contributed by atoms with E-state index in [4.69, 9.17) is 11.6 Å². The van der Waals surface area contributed by atoms with Gasteiger partial charge in [0.2, 0.25) is 0 Å². The minimum atomic E-state index is 0.165. The Hall–Kier alpha value is -1.54. The third-order valence-electron chi connectivity index (χ3n) is 4.31. The van der Waals surface area contributed by atoms with E-state index in [1.165, 1.54) is 5.39 Å². The second-order valence-electron chi connectivity index (χ2n) is 5.69. The van der Waals surface area contributed by atoms with Crippen LogP contribution in [0.3, 0.4) is 0 Å². The highest BCUT2D eigenvalue weighted by Gasteiger charge is 2.28. The number of alkyl halides is 1. The van der Waals surface area contributed by atoms with Crippen LogP contribution in [0.15, 0.2) is 42.5 Å². The number of hydrogen-bond donors (Lipinski definition) is 0. The topological polar surface area (TPSA) is 20.3 Å². The van der Waals surface area contributed by atoms with Crippen molar-refractivity contribution in [1.82, 2.24) is 4.90 Å². The van der Waals surface area contributed by atoms with Crippen molar-refractivity contribution in [2.45, 2.75) is 31.7 Å². The van der Waals surface area contributed by atoms with Crippen molar-refractivity contribution in [1.29, 1.82) is 0 Å². The van der Waals surface area contributed by atoms with Crippen LogP contribution in [0.1, 0.15) is 36.0 Å². The van der Waals surface area contributed by atoms with Gasteiger partial charge >= 0.3 is 0 Å². The molecule has 1 saturated heterocycles. The molecule has 0 aromatic heterocycles. The molecule has 2 aromatic rings. The van der Waals surface area contributed by atoms with Crippen molar-refractivity contribution in [3.05, 3.63) is 48.0 Å². The van der Waals surface area contributed by atoms with Gasteiger partial charge in [-0.2, -0.15) is 0 Å². The van der Waals surface area contributed by atoms with Gasteiger partial charge in [0.25, 0.3) is 5.91 Å². The summed E-state index contributed by atoms with van der Waals surface area (Å²) in [7, 11) is 0. The Kier molecular flexibility index (Phi) is 4.45. The van der Waals surface area contributed by atoms with Gasteiger partial charge in [-0.3, -0.25) is 4.79 Å². The predicted octanol–water partition coefficient (Wildman–Crippen LogP) is 4.46. The summed E-state index contributed by atoms with van der Waals surface area (Å²) in [6.07, 6.45) is 4.21. The maximum absolute atomic E-state index is 12.8. The van der Waals surface area contributed by atoms with Gasteiger partial charge in [0.15, 0.2) is 0 Å². The third kappa shape index (κ3) is 3.06. The summed E-state index contributed by atoms with van der Waals surface area (Å²) in [5.74, 6) is 0.840. The number of likely N-dealkylation sites (tertiary alicyclic amines) is 1. The molecule has 110 valence electrons. The predicted molar refractivity (Wildman–Crippen MR) is 88.0 cm³/mol. The minimum absolute atomic E-state index is 0.165. The van der Waals surface area contributed by atoms with E-state index >= 15 is 0 Å². The van der Waals surface area contributed by atoms with E-state index in [1.54, 1.807) is 0 Å². The summed E-state index contributed by atoms with van der Waals surface area (Å²) in [5.41, 5.74) is 0.798. The van der Waals surface area contributed by atoms with E-state index in [9.17, 15) is 4.79 Å². The van der Waals surface area contributed by atoms with Crippen LogP contribution in [0.25, 0.3) is 10.8 Å². The van der Waals surface area contributed by atoms with E-state index in [2.05, 4.69) is 12.1 Å². The molecule has 0 N–H and O–H groups in total. The molecule has 3 heteroatoms. The van der Waals surface area contributed by atoms with Crippen LogP contribution >= 0.6 is 11.6 Å². The molecule has 0 saturated carbocycles. The summed E-state index contributed by atoms with van der Waals surface area (Å²) in [6.45, 7) is 0.874. The quantitative estimate of drug-likeness (QED) is 0.763. The Morgan fingerprint density at radius 2 is 2.00 bits per heavy atom. The molecule has 3 rings (SSSR count). The van der Waals surface area contributed by atoms with Crippen LogP contribution in [0, 0.1) is 0 Å². The zero-order chi connectivity index (χ0) is 14.7. The number of carbonyl (C=O) groups excluding carboxylic acids is 1. The monoisotopic (exact) mass is 301 g/mol. The van der Waals surface area contributed by atoms with Gasteiger partial charge in [-0.05, 0) is 48.6 Å². The van der Waals surface area contributed by atoms with Crippen LogP contribution in [0.2, 0.25) is 0 Å². The molecule has 1 atom stereocenters. The summed E-state index contributed by atoms with van der Waals surface area (Å²) >= 11 is 5.79. The molecular weight excluding hydrogens is 282 g/mol. The number of halogens is 1. The summed E-state index contributed by atoms with van der Waals surface area (Å²) < 4.78 is 0. The van der Waals surface area contributed by atoms with Crippen molar-refractivity contribution in [3.63, 3.8) is 0 Å². The lowest BCUT2D eigenvalue weighted by atomic mass is 10.1. The fourth-order valence-electron chi connectivity index (χ4n) is 3.20. The molecule has 2 nitrogen and oxygen atoms in total. The average molecular weight is 302 g/mol. The highest BCUT2D eigenvalue weighted by molar-refractivity contribution is 6.17. The summed E-state index contributed by atoms with van der Waals surface area (Å²) in [4.78, 5) is 14.8. The normalized spacial score (nSPS) is 18.3. The van der Waals surface area contributed by atoms with Crippen LogP contribution in [-0.2, 0) is 0 Å². The number of carbonyl (C=O) groups is 1. The largest absolute Gasteiger partial charge is 0.336 e. The molecule has 1 aliphatic rings. The lowest BCUT2D eigenvalue weighted by molar-refractivity contribution is 0.0730. The Balaban J connectivity index is 1.82. The number of amides is 1. The average Bonchev–Trinajstić information content (AvgIpc) is 3.00. The second-order valence-corrected chi connectivity index (χ2v) is 6.07. The molecule has 21 heavy (non-hydrogen) atoms. The van der Waals surface area contributed by atoms with Gasteiger partial charge in [-0.25, -0.2) is 0 Å². The smallest absolute Gasteiger partial charge is 0.254 e. The van der Waals surface area contributed by atoms with E-state index in [-0.39, 0.29) is 5.91 Å². The molecule has 2 aromatic carbocycles. The van der Waals surface area contributed by atoms with Crippen LogP contribution in [0.5, 0.6) is 0 Å². The zero-order valence-electron chi connectivity index (χ0n) is 12.1. The van der Waals surface area contributed by atoms with Gasteiger partial charge in [0, 0.05) is 24.0 Å². The van der Waals surface area contributed by atoms with Gasteiger partial charge in [-0.15, -0.1) is 11.6 Å². The summed E-state index contributed by atoms with van der Waals surface area (Å²) in [5, 5.41) is 2.30. The van der Waals surface area contributed by atoms with Crippen LogP contribution in [0.4, 0.5) is 0 Å². The van der Waals surface area contributed by atoms with Gasteiger partial charge in [-0.1, -0.05) is 30.3 Å². The first-order valence-electron chi connectivity index (χ1n) is 7.65. The fraction of sp³-hybridized carbons (Fsp3) is 0.389. The lowest BCUT2D eigenvalue weighted by Gasteiger charge is -2.24. The third-order valence-corrected chi connectivity index (χ3v) is 4.57. The first-order valence-corrected chi connectivity index (χ1v) is 8.19. The van der Waals surface area contributed by atoms with Crippen LogP contribution in [-0.4, -0.2) is 29.3 Å². The Morgan fingerprint density at radius 3 is 2.81 bits per heavy atom. The van der Waals surface area contributed by atoms with Crippen molar-refractivity contribution in [2.24, 2.45) is 0 Å². The molecule has 1 amide bonds. The molecule has 1 aliphatic heterocycles. The zero-order valence-corrected chi connectivity index (χ0v) is 12.9. The first-order chi connectivity index (χ1) is 10.3. The fourth-order valence-corrected chi connectivity index (χ4v) is 3.36. The molecule has 1 unspecified atom stereocenters. The lowest BCUT2D eigenvalue weighted by Crippen LogP contribution is -2.35. The second kappa shape index (κ2) is 6.48. The Morgan fingerprint density at radius 1 is 1.19 bits per heavy atom. The Labute approximate surface area is 130 Å². The maximum Gasteiger partial charge on any atom is 0.254 e. The van der Waals surface area contributed by atoms with E-state index in [1.807, 2.05) is 35.2 Å². The molecule has 0 aliphatic carbocycles. The highest BCUT2D eigenvalue weighted by atomic mass is 35.5. The highest BCUT2D eigenvalue weighted by Crippen LogP contribution is 2.25. The minimum Gasteiger partial charge on any atom is -0.336 e. The number of rotatable bonds is 4. The molecule has 0 radical (unpaired) electrons. The number of fused-ring (bicyclic) bond motifs is 1. The SMILES string of the molecule is O=C(c1ccc2ccccc2c1)N1CCCC1CCCCl. The van der Waals surface area contributed by atoms with Crippen molar-refractivity contribution in [3.8, 4) is 0 Å². The van der Waals surface area contributed by atoms with Crippen molar-refractivity contribution < 1.29 is 4.79 Å². The van der Waals surface area contributed by atoms with Crippen molar-refractivity contribution in [2.75, 3.05) is 12.4 Å². The molecule has 0 spiro atoms. The van der Waals surface area contributed by atoms with E-state index in [0.717, 1.165) is 43.2 Å². The molecule has 1 fully saturated rings. The van der Waals surface area contributed by atoms with E-state index < -0.39 is 0 Å². The van der Waals surface area contributed by atoms with Crippen molar-refractivity contribution >= 4 is 28.3 Å². The van der Waals surface area contributed by atoms with Crippen LogP contribution < -0.4 is 0 Å². The first kappa shape index (κ1) is 14.4.